The van der Waals surface area contributed by atoms with Crippen molar-refractivity contribution in [2.75, 3.05) is 6.54 Å². The van der Waals surface area contributed by atoms with Gasteiger partial charge in [0.2, 0.25) is 0 Å². The van der Waals surface area contributed by atoms with E-state index in [0.29, 0.717) is 6.54 Å². The quantitative estimate of drug-likeness (QED) is 0.906. The molecule has 3 rings (SSSR count). The molecule has 0 amide bonds. The van der Waals surface area contributed by atoms with Crippen LogP contribution < -0.4 is 10.6 Å². The number of nitrogens with one attached hydrogen (secondary N) is 2. The van der Waals surface area contributed by atoms with Gasteiger partial charge in [0.25, 0.3) is 0 Å². The number of halogens is 1. The fraction of sp³-hybridized carbons (Fsp3) is 0.214. The number of hydrogen-bond acceptors (Lipinski definition) is 4. The van der Waals surface area contributed by atoms with E-state index in [1.165, 1.54) is 5.56 Å². The molecular formula is C14H14ClN3O. The van der Waals surface area contributed by atoms with E-state index in [2.05, 4.69) is 15.6 Å². The smallest absolute Gasteiger partial charge is 0.192 e. The second-order valence-corrected chi connectivity index (χ2v) is 4.86. The molecular weight excluding hydrogens is 262 g/mol. The zero-order chi connectivity index (χ0) is 13.1. The van der Waals surface area contributed by atoms with Crippen LogP contribution in [0, 0.1) is 0 Å². The minimum Gasteiger partial charge on any atom is -0.472 e. The molecule has 2 aromatic rings. The van der Waals surface area contributed by atoms with Crippen LogP contribution in [-0.2, 0) is 6.54 Å². The molecule has 4 nitrogen and oxygen atoms in total. The monoisotopic (exact) mass is 275 g/mol. The molecule has 1 aromatic heterocycles. The molecule has 1 aromatic carbocycles. The van der Waals surface area contributed by atoms with Gasteiger partial charge in [0.05, 0.1) is 25.1 Å². The Balaban J connectivity index is 1.55. The lowest BCUT2D eigenvalue weighted by molar-refractivity contribution is 0.563. The Bertz CT molecular complexity index is 563. The summed E-state index contributed by atoms with van der Waals surface area (Å²) in [5, 5.41) is 7.35. The van der Waals surface area contributed by atoms with E-state index in [1.807, 2.05) is 30.3 Å². The van der Waals surface area contributed by atoms with Gasteiger partial charge in [-0.1, -0.05) is 23.7 Å². The average molecular weight is 276 g/mol. The molecule has 2 N–H and O–H groups in total. The Hall–Kier alpha value is -1.94. The molecule has 0 fully saturated rings. The van der Waals surface area contributed by atoms with Crippen LogP contribution in [0.5, 0.6) is 0 Å². The highest BCUT2D eigenvalue weighted by atomic mass is 35.5. The van der Waals surface area contributed by atoms with Gasteiger partial charge in [-0.2, -0.15) is 0 Å². The lowest BCUT2D eigenvalue weighted by atomic mass is 10.1. The second-order valence-electron chi connectivity index (χ2n) is 4.42. The van der Waals surface area contributed by atoms with Crippen LogP contribution in [-0.4, -0.2) is 12.5 Å². The molecule has 1 atom stereocenters. The van der Waals surface area contributed by atoms with E-state index >= 15 is 0 Å². The predicted molar refractivity (Wildman–Crippen MR) is 75.2 cm³/mol. The van der Waals surface area contributed by atoms with Crippen molar-refractivity contribution in [2.24, 2.45) is 4.99 Å². The highest BCUT2D eigenvalue weighted by Crippen LogP contribution is 2.19. The molecule has 0 saturated heterocycles. The number of hydrogen-bond donors (Lipinski definition) is 2. The maximum absolute atomic E-state index is 5.88. The van der Waals surface area contributed by atoms with E-state index in [1.54, 1.807) is 12.5 Å². The van der Waals surface area contributed by atoms with E-state index in [4.69, 9.17) is 16.0 Å². The third-order valence-electron chi connectivity index (χ3n) is 3.06. The van der Waals surface area contributed by atoms with Crippen LogP contribution in [0.4, 0.5) is 0 Å². The molecule has 0 saturated carbocycles. The zero-order valence-electron chi connectivity index (χ0n) is 10.3. The van der Waals surface area contributed by atoms with Crippen molar-refractivity contribution in [1.29, 1.82) is 0 Å². The number of guanidine groups is 1. The topological polar surface area (TPSA) is 49.6 Å². The first-order valence-corrected chi connectivity index (χ1v) is 6.50. The van der Waals surface area contributed by atoms with Gasteiger partial charge in [-0.05, 0) is 23.8 Å². The fourth-order valence-corrected chi connectivity index (χ4v) is 2.13. The third kappa shape index (κ3) is 2.90. The molecule has 1 aliphatic rings. The molecule has 0 bridgehead atoms. The van der Waals surface area contributed by atoms with Gasteiger partial charge in [-0.3, -0.25) is 4.99 Å². The molecule has 98 valence electrons. The van der Waals surface area contributed by atoms with Crippen LogP contribution in [0.25, 0.3) is 0 Å². The fourth-order valence-electron chi connectivity index (χ4n) is 2.01. The van der Waals surface area contributed by atoms with Crippen molar-refractivity contribution in [3.05, 3.63) is 59.0 Å². The van der Waals surface area contributed by atoms with Crippen molar-refractivity contribution < 1.29 is 4.42 Å². The van der Waals surface area contributed by atoms with Crippen LogP contribution in [0.3, 0.4) is 0 Å². The van der Waals surface area contributed by atoms with Crippen LogP contribution >= 0.6 is 11.6 Å². The largest absolute Gasteiger partial charge is 0.472 e. The van der Waals surface area contributed by atoms with Gasteiger partial charge < -0.3 is 15.1 Å². The van der Waals surface area contributed by atoms with Gasteiger partial charge in [0.1, 0.15) is 0 Å². The third-order valence-corrected chi connectivity index (χ3v) is 3.31. The van der Waals surface area contributed by atoms with Crippen molar-refractivity contribution in [1.82, 2.24) is 10.6 Å². The molecule has 2 heterocycles. The Morgan fingerprint density at radius 1 is 1.32 bits per heavy atom. The molecule has 19 heavy (non-hydrogen) atoms. The Kier molecular flexibility index (Phi) is 3.42. The normalized spacial score (nSPS) is 17.9. The second kappa shape index (κ2) is 5.36. The first kappa shape index (κ1) is 12.1. The standard InChI is InChI=1S/C14H14ClN3O/c15-12-3-1-11(2-4-12)13-8-17-14(18-13)16-7-10-5-6-19-9-10/h1-6,9,13H,7-8H2,(H2,16,17,18). The van der Waals surface area contributed by atoms with Crippen LogP contribution in [0.1, 0.15) is 17.2 Å². The summed E-state index contributed by atoms with van der Waals surface area (Å²) in [5.74, 6) is 0.821. The number of aliphatic imine (C=N–C) groups is 1. The lowest BCUT2D eigenvalue weighted by Gasteiger charge is -2.12. The summed E-state index contributed by atoms with van der Waals surface area (Å²) in [5.41, 5.74) is 2.28. The number of rotatable bonds is 3. The predicted octanol–water partition coefficient (Wildman–Crippen LogP) is 2.72. The maximum Gasteiger partial charge on any atom is 0.192 e. The summed E-state index contributed by atoms with van der Waals surface area (Å²) in [7, 11) is 0. The van der Waals surface area contributed by atoms with Gasteiger partial charge >= 0.3 is 0 Å². The van der Waals surface area contributed by atoms with Crippen LogP contribution in [0.15, 0.2) is 52.3 Å². The first-order chi connectivity index (χ1) is 9.31. The SMILES string of the molecule is Clc1ccc(C2CN=C(NCc3ccoc3)N2)cc1. The Morgan fingerprint density at radius 3 is 2.89 bits per heavy atom. The zero-order valence-corrected chi connectivity index (χ0v) is 11.0. The van der Waals surface area contributed by atoms with Gasteiger partial charge in [0.15, 0.2) is 5.96 Å². The minimum atomic E-state index is 0.212. The molecule has 0 radical (unpaired) electrons. The molecule has 1 unspecified atom stereocenters. The first-order valence-electron chi connectivity index (χ1n) is 6.12. The Labute approximate surface area is 116 Å². The lowest BCUT2D eigenvalue weighted by Crippen LogP contribution is -2.34. The minimum absolute atomic E-state index is 0.212. The van der Waals surface area contributed by atoms with Gasteiger partial charge in [0, 0.05) is 17.1 Å². The summed E-state index contributed by atoms with van der Waals surface area (Å²) >= 11 is 5.88. The molecule has 0 aliphatic carbocycles. The average Bonchev–Trinajstić information content (AvgIpc) is 3.09. The van der Waals surface area contributed by atoms with Crippen molar-refractivity contribution in [3.63, 3.8) is 0 Å². The molecule has 1 aliphatic heterocycles. The summed E-state index contributed by atoms with van der Waals surface area (Å²) < 4.78 is 5.02. The highest BCUT2D eigenvalue weighted by Gasteiger charge is 2.18. The highest BCUT2D eigenvalue weighted by molar-refractivity contribution is 6.30. The Morgan fingerprint density at radius 2 is 2.16 bits per heavy atom. The van der Waals surface area contributed by atoms with E-state index < -0.39 is 0 Å². The van der Waals surface area contributed by atoms with Gasteiger partial charge in [-0.15, -0.1) is 0 Å². The number of furan rings is 1. The molecule has 5 heteroatoms. The van der Waals surface area contributed by atoms with Crippen molar-refractivity contribution in [2.45, 2.75) is 12.6 Å². The van der Waals surface area contributed by atoms with Crippen molar-refractivity contribution in [3.8, 4) is 0 Å². The number of nitrogens with zero attached hydrogens (tertiary/aromatic N) is 1. The van der Waals surface area contributed by atoms with E-state index in [9.17, 15) is 0 Å². The summed E-state index contributed by atoms with van der Waals surface area (Å²) in [6.07, 6.45) is 3.39. The van der Waals surface area contributed by atoms with Crippen LogP contribution in [0.2, 0.25) is 5.02 Å². The van der Waals surface area contributed by atoms with E-state index in [-0.39, 0.29) is 6.04 Å². The summed E-state index contributed by atoms with van der Waals surface area (Å²) in [6.45, 7) is 1.44. The molecule has 0 spiro atoms. The van der Waals surface area contributed by atoms with E-state index in [0.717, 1.165) is 23.1 Å². The number of benzene rings is 1. The van der Waals surface area contributed by atoms with Crippen molar-refractivity contribution >= 4 is 17.6 Å². The van der Waals surface area contributed by atoms with Gasteiger partial charge in [-0.25, -0.2) is 0 Å². The summed E-state index contributed by atoms with van der Waals surface area (Å²) in [6, 6.07) is 9.98. The maximum atomic E-state index is 5.88. The summed E-state index contributed by atoms with van der Waals surface area (Å²) in [4.78, 5) is 4.45.